The standard InChI is InChI=1S/C11H14N2O2S2/c12-11(16)10(8-4-2-1-3-5-8)13-17(14,15)9-6-7-9/h1-5,9-10,13H,6-7H2,(H2,12,16). The molecular weight excluding hydrogens is 256 g/mol. The van der Waals surface area contributed by atoms with E-state index in [-0.39, 0.29) is 10.2 Å². The molecule has 2 rings (SSSR count). The third kappa shape index (κ3) is 3.02. The highest BCUT2D eigenvalue weighted by molar-refractivity contribution is 7.90. The Morgan fingerprint density at radius 1 is 1.35 bits per heavy atom. The molecule has 1 unspecified atom stereocenters. The lowest BCUT2D eigenvalue weighted by Crippen LogP contribution is -2.38. The first-order chi connectivity index (χ1) is 8.00. The van der Waals surface area contributed by atoms with Crippen LogP contribution < -0.4 is 10.5 Å². The van der Waals surface area contributed by atoms with Crippen molar-refractivity contribution >= 4 is 27.2 Å². The van der Waals surface area contributed by atoms with Crippen molar-refractivity contribution in [3.8, 4) is 0 Å². The minimum absolute atomic E-state index is 0.139. The smallest absolute Gasteiger partial charge is 0.215 e. The van der Waals surface area contributed by atoms with E-state index >= 15 is 0 Å². The number of thiocarbonyl (C=S) groups is 1. The van der Waals surface area contributed by atoms with Crippen molar-refractivity contribution in [2.75, 3.05) is 0 Å². The minimum atomic E-state index is -3.30. The predicted octanol–water partition coefficient (Wildman–Crippen LogP) is 1.10. The second-order valence-electron chi connectivity index (χ2n) is 4.11. The molecule has 3 N–H and O–H groups in total. The second kappa shape index (κ2) is 4.72. The van der Waals surface area contributed by atoms with Crippen molar-refractivity contribution in [1.29, 1.82) is 0 Å². The van der Waals surface area contributed by atoms with Crippen LogP contribution in [0.4, 0.5) is 0 Å². The molecule has 92 valence electrons. The monoisotopic (exact) mass is 270 g/mol. The topological polar surface area (TPSA) is 72.2 Å². The van der Waals surface area contributed by atoms with E-state index in [9.17, 15) is 8.42 Å². The van der Waals surface area contributed by atoms with E-state index < -0.39 is 16.1 Å². The molecule has 1 aromatic rings. The highest BCUT2D eigenvalue weighted by Gasteiger charge is 2.37. The normalized spacial score (nSPS) is 17.6. The van der Waals surface area contributed by atoms with Gasteiger partial charge in [-0.3, -0.25) is 0 Å². The number of nitrogens with two attached hydrogens (primary N) is 1. The second-order valence-corrected chi connectivity index (χ2v) is 6.57. The molecule has 0 radical (unpaired) electrons. The van der Waals surface area contributed by atoms with Gasteiger partial charge in [-0.05, 0) is 18.4 Å². The first-order valence-corrected chi connectivity index (χ1v) is 7.31. The quantitative estimate of drug-likeness (QED) is 0.786. The molecule has 6 heteroatoms. The van der Waals surface area contributed by atoms with E-state index in [2.05, 4.69) is 4.72 Å². The molecular formula is C11H14N2O2S2. The van der Waals surface area contributed by atoms with Crippen molar-refractivity contribution in [3.63, 3.8) is 0 Å². The highest BCUT2D eigenvalue weighted by Crippen LogP contribution is 2.29. The van der Waals surface area contributed by atoms with E-state index in [0.717, 1.165) is 5.56 Å². The van der Waals surface area contributed by atoms with Gasteiger partial charge in [-0.25, -0.2) is 13.1 Å². The summed E-state index contributed by atoms with van der Waals surface area (Å²) in [5.74, 6) is 0. The van der Waals surface area contributed by atoms with Crippen molar-refractivity contribution in [2.24, 2.45) is 5.73 Å². The van der Waals surface area contributed by atoms with Gasteiger partial charge < -0.3 is 5.73 Å². The van der Waals surface area contributed by atoms with Gasteiger partial charge in [0.05, 0.1) is 16.3 Å². The van der Waals surface area contributed by atoms with Crippen LogP contribution in [-0.4, -0.2) is 18.7 Å². The molecule has 1 aromatic carbocycles. The molecule has 0 heterocycles. The van der Waals surface area contributed by atoms with Crippen molar-refractivity contribution in [2.45, 2.75) is 24.1 Å². The largest absolute Gasteiger partial charge is 0.392 e. The van der Waals surface area contributed by atoms with Gasteiger partial charge in [0.15, 0.2) is 0 Å². The summed E-state index contributed by atoms with van der Waals surface area (Å²) in [5, 5.41) is -0.275. The molecule has 0 spiro atoms. The van der Waals surface area contributed by atoms with Gasteiger partial charge in [-0.1, -0.05) is 42.5 Å². The minimum Gasteiger partial charge on any atom is -0.392 e. The number of sulfonamides is 1. The first kappa shape index (κ1) is 12.5. The fourth-order valence-electron chi connectivity index (χ4n) is 1.57. The van der Waals surface area contributed by atoms with E-state index in [1.165, 1.54) is 0 Å². The Morgan fingerprint density at radius 3 is 2.41 bits per heavy atom. The van der Waals surface area contributed by atoms with Crippen LogP contribution in [0.5, 0.6) is 0 Å². The molecule has 1 fully saturated rings. The summed E-state index contributed by atoms with van der Waals surface area (Å²) in [6, 6.07) is 8.50. The number of nitrogens with one attached hydrogen (secondary N) is 1. The number of hydrogen-bond acceptors (Lipinski definition) is 3. The Balaban J connectivity index is 2.22. The Kier molecular flexibility index (Phi) is 3.46. The SMILES string of the molecule is NC(=S)C(NS(=O)(=O)C1CC1)c1ccccc1. The summed E-state index contributed by atoms with van der Waals surface area (Å²) < 4.78 is 26.3. The van der Waals surface area contributed by atoms with Crippen molar-refractivity contribution in [3.05, 3.63) is 35.9 Å². The Bertz CT molecular complexity index is 510. The van der Waals surface area contributed by atoms with Gasteiger partial charge in [-0.2, -0.15) is 0 Å². The summed E-state index contributed by atoms with van der Waals surface area (Å²) in [4.78, 5) is 0.139. The summed E-state index contributed by atoms with van der Waals surface area (Å²) in [5.41, 5.74) is 6.37. The average Bonchev–Trinajstić information content (AvgIpc) is 3.11. The summed E-state index contributed by atoms with van der Waals surface area (Å²) in [7, 11) is -3.30. The Hall–Kier alpha value is -0.980. The van der Waals surface area contributed by atoms with E-state index in [1.807, 2.05) is 18.2 Å². The Labute approximate surface area is 106 Å². The van der Waals surface area contributed by atoms with Gasteiger partial charge in [0.2, 0.25) is 10.0 Å². The van der Waals surface area contributed by atoms with Gasteiger partial charge in [0.25, 0.3) is 0 Å². The van der Waals surface area contributed by atoms with E-state index in [4.69, 9.17) is 18.0 Å². The molecule has 1 aliphatic rings. The van der Waals surface area contributed by atoms with Crippen LogP contribution in [0.1, 0.15) is 24.4 Å². The lowest BCUT2D eigenvalue weighted by molar-refractivity contribution is 0.576. The van der Waals surface area contributed by atoms with Crippen molar-refractivity contribution < 1.29 is 8.42 Å². The maximum Gasteiger partial charge on any atom is 0.215 e. The fourth-order valence-corrected chi connectivity index (χ4v) is 3.39. The van der Waals surface area contributed by atoms with Gasteiger partial charge in [0.1, 0.15) is 0 Å². The van der Waals surface area contributed by atoms with Crippen LogP contribution >= 0.6 is 12.2 Å². The first-order valence-electron chi connectivity index (χ1n) is 5.36. The number of rotatable bonds is 5. The maximum atomic E-state index is 11.9. The van der Waals surface area contributed by atoms with Crippen LogP contribution in [0.3, 0.4) is 0 Å². The van der Waals surface area contributed by atoms with E-state index in [1.54, 1.807) is 12.1 Å². The maximum absolute atomic E-state index is 11.9. The predicted molar refractivity (Wildman–Crippen MR) is 71.0 cm³/mol. The summed E-state index contributed by atoms with van der Waals surface area (Å²) in [6.45, 7) is 0. The average molecular weight is 270 g/mol. The number of hydrogen-bond donors (Lipinski definition) is 2. The van der Waals surface area contributed by atoms with Gasteiger partial charge in [-0.15, -0.1) is 0 Å². The zero-order chi connectivity index (χ0) is 12.5. The molecule has 0 aromatic heterocycles. The molecule has 1 atom stereocenters. The highest BCUT2D eigenvalue weighted by atomic mass is 32.2. The molecule has 1 aliphatic carbocycles. The van der Waals surface area contributed by atoms with Gasteiger partial charge >= 0.3 is 0 Å². The molecule has 17 heavy (non-hydrogen) atoms. The fraction of sp³-hybridized carbons (Fsp3) is 0.364. The van der Waals surface area contributed by atoms with Crippen LogP contribution in [0, 0.1) is 0 Å². The number of benzene rings is 1. The molecule has 0 aliphatic heterocycles. The molecule has 0 amide bonds. The zero-order valence-electron chi connectivity index (χ0n) is 9.17. The van der Waals surface area contributed by atoms with Crippen LogP contribution in [-0.2, 0) is 10.0 Å². The van der Waals surface area contributed by atoms with Gasteiger partial charge in [0, 0.05) is 0 Å². The van der Waals surface area contributed by atoms with E-state index in [0.29, 0.717) is 12.8 Å². The Morgan fingerprint density at radius 2 is 1.94 bits per heavy atom. The molecule has 4 nitrogen and oxygen atoms in total. The molecule has 1 saturated carbocycles. The summed E-state index contributed by atoms with van der Waals surface area (Å²) >= 11 is 4.92. The summed E-state index contributed by atoms with van der Waals surface area (Å²) in [6.07, 6.45) is 1.43. The molecule has 0 saturated heterocycles. The lowest BCUT2D eigenvalue weighted by Gasteiger charge is -2.17. The third-order valence-electron chi connectivity index (χ3n) is 2.66. The molecule has 0 bridgehead atoms. The van der Waals surface area contributed by atoms with Crippen LogP contribution in [0.2, 0.25) is 0 Å². The van der Waals surface area contributed by atoms with Crippen molar-refractivity contribution in [1.82, 2.24) is 4.72 Å². The third-order valence-corrected chi connectivity index (χ3v) is 4.81. The zero-order valence-corrected chi connectivity index (χ0v) is 10.8. The van der Waals surface area contributed by atoms with Crippen LogP contribution in [0.15, 0.2) is 30.3 Å². The lowest BCUT2D eigenvalue weighted by atomic mass is 10.1. The van der Waals surface area contributed by atoms with Crippen LogP contribution in [0.25, 0.3) is 0 Å².